The molecule has 38 heavy (non-hydrogen) atoms. The maximum Gasteiger partial charge on any atom is 0.341 e. The summed E-state index contributed by atoms with van der Waals surface area (Å²) < 4.78 is 7.09. The van der Waals surface area contributed by atoms with Gasteiger partial charge in [-0.15, -0.1) is 21.5 Å². The molecule has 0 saturated carbocycles. The Kier molecular flexibility index (Phi) is 9.22. The lowest BCUT2D eigenvalue weighted by atomic mass is 9.95. The first kappa shape index (κ1) is 27.8. The van der Waals surface area contributed by atoms with E-state index >= 15 is 0 Å². The zero-order valence-electron chi connectivity index (χ0n) is 22.1. The Morgan fingerprint density at radius 2 is 1.87 bits per heavy atom. The van der Waals surface area contributed by atoms with Crippen molar-refractivity contribution in [3.05, 3.63) is 57.7 Å². The van der Waals surface area contributed by atoms with Gasteiger partial charge in [-0.2, -0.15) is 0 Å². The maximum atomic E-state index is 12.9. The van der Waals surface area contributed by atoms with Crippen LogP contribution in [-0.2, 0) is 29.4 Å². The van der Waals surface area contributed by atoms with E-state index in [-0.39, 0.29) is 42.1 Å². The number of benzene rings is 1. The van der Waals surface area contributed by atoms with Crippen LogP contribution in [0, 0.1) is 5.92 Å². The van der Waals surface area contributed by atoms with Gasteiger partial charge in [0, 0.05) is 17.5 Å². The van der Waals surface area contributed by atoms with Crippen LogP contribution in [-0.4, -0.2) is 44.9 Å². The zero-order chi connectivity index (χ0) is 27.2. The van der Waals surface area contributed by atoms with Crippen molar-refractivity contribution in [2.75, 3.05) is 17.7 Å². The Bertz CT molecular complexity index is 1300. The summed E-state index contributed by atoms with van der Waals surface area (Å²) in [6, 6.07) is 8.68. The second-order valence-corrected chi connectivity index (χ2v) is 11.5. The number of fused-ring (bicyclic) bond motifs is 1. The normalized spacial score (nSPS) is 13.6. The number of hydrogen-bond acceptors (Lipinski definition) is 8. The van der Waals surface area contributed by atoms with E-state index in [0.717, 1.165) is 36.1 Å². The zero-order valence-corrected chi connectivity index (χ0v) is 23.7. The molecule has 2 aromatic heterocycles. The van der Waals surface area contributed by atoms with Crippen LogP contribution < -0.4 is 10.6 Å². The monoisotopic (exact) mass is 555 g/mol. The van der Waals surface area contributed by atoms with Gasteiger partial charge in [-0.05, 0) is 56.2 Å². The standard InChI is InChI=1S/C27H33N5O4S2/c1-5-36-26(35)21-18-13-9-10-14-19(18)38-25(21)28-20(33)15-37-27-31-30-23(32(27)4)22(16(2)3)29-24(34)17-11-7-6-8-12-17/h6-8,11-12,16,22H,5,9-10,13-15H2,1-4H3,(H,28,33)(H,29,34)/t22-/m1/s1. The van der Waals surface area contributed by atoms with Crippen molar-refractivity contribution in [3.63, 3.8) is 0 Å². The molecule has 0 radical (unpaired) electrons. The van der Waals surface area contributed by atoms with Crippen LogP contribution in [0.2, 0.25) is 0 Å². The highest BCUT2D eigenvalue weighted by Crippen LogP contribution is 2.38. The van der Waals surface area contributed by atoms with Crippen molar-refractivity contribution < 1.29 is 19.1 Å². The molecule has 4 rings (SSSR count). The molecule has 1 atom stereocenters. The van der Waals surface area contributed by atoms with E-state index in [1.54, 1.807) is 19.1 Å². The van der Waals surface area contributed by atoms with Crippen molar-refractivity contribution in [1.82, 2.24) is 20.1 Å². The minimum atomic E-state index is -0.384. The molecular formula is C27H33N5O4S2. The first-order chi connectivity index (χ1) is 18.3. The molecule has 0 unspecified atom stereocenters. The predicted octanol–water partition coefficient (Wildman–Crippen LogP) is 4.79. The Morgan fingerprint density at radius 1 is 1.13 bits per heavy atom. The molecule has 1 aliphatic carbocycles. The highest BCUT2D eigenvalue weighted by atomic mass is 32.2. The minimum absolute atomic E-state index is 0.0675. The van der Waals surface area contributed by atoms with E-state index in [4.69, 9.17) is 4.74 Å². The molecule has 0 fully saturated rings. The molecule has 1 aromatic carbocycles. The smallest absolute Gasteiger partial charge is 0.341 e. The van der Waals surface area contributed by atoms with Gasteiger partial charge in [0.05, 0.1) is 24.0 Å². The van der Waals surface area contributed by atoms with Gasteiger partial charge in [0.15, 0.2) is 11.0 Å². The number of hydrogen-bond donors (Lipinski definition) is 2. The SMILES string of the molecule is CCOC(=O)c1c(NC(=O)CSc2nnc([C@H](NC(=O)c3ccccc3)C(C)C)n2C)sc2c1CCCC2. The summed E-state index contributed by atoms with van der Waals surface area (Å²) in [5.41, 5.74) is 2.08. The number of thiophene rings is 1. The lowest BCUT2D eigenvalue weighted by Crippen LogP contribution is -2.33. The van der Waals surface area contributed by atoms with Crippen molar-refractivity contribution >= 4 is 45.9 Å². The quantitative estimate of drug-likeness (QED) is 0.273. The van der Waals surface area contributed by atoms with E-state index in [0.29, 0.717) is 27.1 Å². The van der Waals surface area contributed by atoms with Gasteiger partial charge < -0.3 is 19.9 Å². The fraction of sp³-hybridized carbons (Fsp3) is 0.444. The molecule has 3 aromatic rings. The summed E-state index contributed by atoms with van der Waals surface area (Å²) in [5.74, 6) is -0.0245. The number of nitrogens with zero attached hydrogens (tertiary/aromatic N) is 3. The summed E-state index contributed by atoms with van der Waals surface area (Å²) in [5, 5.41) is 15.7. The van der Waals surface area contributed by atoms with Crippen LogP contribution in [0.15, 0.2) is 35.5 Å². The summed E-state index contributed by atoms with van der Waals surface area (Å²) in [6.45, 7) is 6.07. The van der Waals surface area contributed by atoms with E-state index in [9.17, 15) is 14.4 Å². The van der Waals surface area contributed by atoms with Crippen LogP contribution in [0.3, 0.4) is 0 Å². The third-order valence-electron chi connectivity index (χ3n) is 6.37. The molecule has 1 aliphatic rings. The number of carbonyl (C=O) groups is 3. The number of rotatable bonds is 10. The van der Waals surface area contributed by atoms with Crippen LogP contribution in [0.25, 0.3) is 0 Å². The third-order valence-corrected chi connectivity index (χ3v) is 8.60. The molecule has 2 N–H and O–H groups in total. The minimum Gasteiger partial charge on any atom is -0.462 e. The largest absolute Gasteiger partial charge is 0.462 e. The highest BCUT2D eigenvalue weighted by Gasteiger charge is 2.28. The number of nitrogens with one attached hydrogen (secondary N) is 2. The molecular weight excluding hydrogens is 522 g/mol. The Balaban J connectivity index is 1.43. The first-order valence-corrected chi connectivity index (χ1v) is 14.6. The van der Waals surface area contributed by atoms with Gasteiger partial charge in [-0.25, -0.2) is 4.79 Å². The van der Waals surface area contributed by atoms with Gasteiger partial charge >= 0.3 is 5.97 Å². The van der Waals surface area contributed by atoms with E-state index < -0.39 is 0 Å². The van der Waals surface area contributed by atoms with E-state index in [1.807, 2.05) is 43.7 Å². The molecule has 2 heterocycles. The summed E-state index contributed by atoms with van der Waals surface area (Å²) in [6.07, 6.45) is 3.84. The Morgan fingerprint density at radius 3 is 2.58 bits per heavy atom. The van der Waals surface area contributed by atoms with Crippen LogP contribution >= 0.6 is 23.1 Å². The lowest BCUT2D eigenvalue weighted by molar-refractivity contribution is -0.113. The van der Waals surface area contributed by atoms with Crippen LogP contribution in [0.5, 0.6) is 0 Å². The van der Waals surface area contributed by atoms with Crippen molar-refractivity contribution in [2.24, 2.45) is 13.0 Å². The van der Waals surface area contributed by atoms with Crippen molar-refractivity contribution in [2.45, 2.75) is 57.7 Å². The number of ether oxygens (including phenoxy) is 1. The maximum absolute atomic E-state index is 12.9. The number of carbonyl (C=O) groups excluding carboxylic acids is 3. The van der Waals surface area contributed by atoms with Crippen LogP contribution in [0.1, 0.15) is 76.6 Å². The molecule has 0 bridgehead atoms. The van der Waals surface area contributed by atoms with Crippen molar-refractivity contribution in [1.29, 1.82) is 0 Å². The molecule has 9 nitrogen and oxygen atoms in total. The van der Waals surface area contributed by atoms with Crippen LogP contribution in [0.4, 0.5) is 5.00 Å². The molecule has 0 aliphatic heterocycles. The summed E-state index contributed by atoms with van der Waals surface area (Å²) in [4.78, 5) is 39.5. The van der Waals surface area contributed by atoms with E-state index in [1.165, 1.54) is 23.1 Å². The Hall–Kier alpha value is -3.18. The van der Waals surface area contributed by atoms with Gasteiger partial charge in [0.2, 0.25) is 5.91 Å². The van der Waals surface area contributed by atoms with Gasteiger partial charge in [0.25, 0.3) is 5.91 Å². The average molecular weight is 556 g/mol. The average Bonchev–Trinajstić information content (AvgIpc) is 3.45. The predicted molar refractivity (Wildman–Crippen MR) is 149 cm³/mol. The van der Waals surface area contributed by atoms with Gasteiger partial charge in [0.1, 0.15) is 5.00 Å². The molecule has 0 saturated heterocycles. The molecule has 11 heteroatoms. The second kappa shape index (κ2) is 12.6. The number of aromatic nitrogens is 3. The van der Waals surface area contributed by atoms with Gasteiger partial charge in [-0.1, -0.05) is 43.8 Å². The molecule has 2 amide bonds. The number of aryl methyl sites for hydroxylation is 1. The summed E-state index contributed by atoms with van der Waals surface area (Å²) >= 11 is 2.72. The number of anilines is 1. The van der Waals surface area contributed by atoms with Crippen molar-refractivity contribution in [3.8, 4) is 0 Å². The second-order valence-electron chi connectivity index (χ2n) is 9.43. The van der Waals surface area contributed by atoms with Gasteiger partial charge in [-0.3, -0.25) is 9.59 Å². The Labute approximate surface area is 230 Å². The highest BCUT2D eigenvalue weighted by molar-refractivity contribution is 7.99. The molecule has 0 spiro atoms. The topological polar surface area (TPSA) is 115 Å². The first-order valence-electron chi connectivity index (χ1n) is 12.8. The fourth-order valence-electron chi connectivity index (χ4n) is 4.43. The number of amides is 2. The fourth-order valence-corrected chi connectivity index (χ4v) is 6.44. The third kappa shape index (κ3) is 6.27. The summed E-state index contributed by atoms with van der Waals surface area (Å²) in [7, 11) is 1.83. The lowest BCUT2D eigenvalue weighted by Gasteiger charge is -2.21. The number of esters is 1. The molecule has 202 valence electrons. The number of thioether (sulfide) groups is 1. The van der Waals surface area contributed by atoms with E-state index in [2.05, 4.69) is 20.8 Å².